The number of benzene rings is 1. The maximum Gasteiger partial charge on any atom is 0.273 e. The molecule has 1 amide bonds. The van der Waals surface area contributed by atoms with Gasteiger partial charge >= 0.3 is 0 Å². The van der Waals surface area contributed by atoms with E-state index in [2.05, 4.69) is 15.5 Å². The molecule has 2 aromatic rings. The number of aromatic nitrogens is 1. The molecular weight excluding hydrogens is 242 g/mol. The summed E-state index contributed by atoms with van der Waals surface area (Å²) < 4.78 is 0. The molecule has 0 unspecified atom stereocenters. The minimum Gasteiger partial charge on any atom is -0.398 e. The number of amidine groups is 1. The molecule has 0 aliphatic carbocycles. The van der Waals surface area contributed by atoms with Crippen molar-refractivity contribution < 1.29 is 4.79 Å². The highest BCUT2D eigenvalue weighted by molar-refractivity contribution is 6.01. The standard InChI is InChI=1S/C13H13N5O/c14-10-6-2-1-5-9(10)13(19)18-17-12(15)11-7-3-4-8-16-11/h1-8H,14H2,(H2,15,17)(H,18,19). The Hall–Kier alpha value is -2.89. The van der Waals surface area contributed by atoms with Gasteiger partial charge in [0.2, 0.25) is 0 Å². The molecule has 0 bridgehead atoms. The Labute approximate surface area is 110 Å². The topological polar surface area (TPSA) is 106 Å². The molecule has 6 heteroatoms. The van der Waals surface area contributed by atoms with E-state index >= 15 is 0 Å². The molecule has 6 nitrogen and oxygen atoms in total. The van der Waals surface area contributed by atoms with Gasteiger partial charge in [-0.2, -0.15) is 5.10 Å². The predicted octanol–water partition coefficient (Wildman–Crippen LogP) is 0.714. The van der Waals surface area contributed by atoms with Gasteiger partial charge in [0, 0.05) is 11.9 Å². The Kier molecular flexibility index (Phi) is 3.72. The van der Waals surface area contributed by atoms with E-state index < -0.39 is 5.91 Å². The number of hydrazone groups is 1. The zero-order chi connectivity index (χ0) is 13.7. The number of nitrogen functional groups attached to an aromatic ring is 1. The van der Waals surface area contributed by atoms with Gasteiger partial charge in [-0.3, -0.25) is 9.78 Å². The van der Waals surface area contributed by atoms with Crippen LogP contribution in [0.4, 0.5) is 5.69 Å². The van der Waals surface area contributed by atoms with Crippen molar-refractivity contribution in [3.05, 3.63) is 59.9 Å². The zero-order valence-corrected chi connectivity index (χ0v) is 10.1. The van der Waals surface area contributed by atoms with E-state index in [4.69, 9.17) is 11.5 Å². The van der Waals surface area contributed by atoms with Gasteiger partial charge in [0.15, 0.2) is 5.84 Å². The second-order valence-electron chi connectivity index (χ2n) is 3.74. The van der Waals surface area contributed by atoms with Crippen molar-refractivity contribution in [3.63, 3.8) is 0 Å². The number of pyridine rings is 1. The molecule has 96 valence electrons. The number of hydrogen-bond donors (Lipinski definition) is 3. The number of hydrogen-bond acceptors (Lipinski definition) is 4. The molecule has 0 saturated carbocycles. The third kappa shape index (κ3) is 3.06. The van der Waals surface area contributed by atoms with E-state index in [1.54, 1.807) is 48.7 Å². The lowest BCUT2D eigenvalue weighted by molar-refractivity contribution is 0.0955. The third-order valence-electron chi connectivity index (χ3n) is 2.41. The second kappa shape index (κ2) is 5.63. The summed E-state index contributed by atoms with van der Waals surface area (Å²) in [6.45, 7) is 0. The average Bonchev–Trinajstić information content (AvgIpc) is 2.46. The normalized spacial score (nSPS) is 11.1. The summed E-state index contributed by atoms with van der Waals surface area (Å²) in [6.07, 6.45) is 1.59. The van der Waals surface area contributed by atoms with Gasteiger partial charge in [0.25, 0.3) is 5.91 Å². The first-order valence-corrected chi connectivity index (χ1v) is 5.58. The summed E-state index contributed by atoms with van der Waals surface area (Å²) in [5.41, 5.74) is 14.9. The number of nitrogens with one attached hydrogen (secondary N) is 1. The number of para-hydroxylation sites is 1. The van der Waals surface area contributed by atoms with Gasteiger partial charge in [-0.1, -0.05) is 18.2 Å². The molecule has 2 rings (SSSR count). The van der Waals surface area contributed by atoms with Crippen molar-refractivity contribution in [1.29, 1.82) is 0 Å². The van der Waals surface area contributed by atoms with Crippen molar-refractivity contribution in [1.82, 2.24) is 10.4 Å². The first-order chi connectivity index (χ1) is 9.18. The van der Waals surface area contributed by atoms with Crippen molar-refractivity contribution >= 4 is 17.4 Å². The number of rotatable bonds is 3. The zero-order valence-electron chi connectivity index (χ0n) is 10.1. The minimum atomic E-state index is -0.419. The SMILES string of the molecule is N/C(=N/NC(=O)c1ccccc1N)c1ccccn1. The van der Waals surface area contributed by atoms with Crippen LogP contribution in [0.25, 0.3) is 0 Å². The summed E-state index contributed by atoms with van der Waals surface area (Å²) in [7, 11) is 0. The highest BCUT2D eigenvalue weighted by Gasteiger charge is 2.08. The number of carbonyl (C=O) groups is 1. The van der Waals surface area contributed by atoms with Crippen LogP contribution in [0.1, 0.15) is 16.1 Å². The summed E-state index contributed by atoms with van der Waals surface area (Å²) in [5.74, 6) is -0.291. The van der Waals surface area contributed by atoms with Crippen LogP contribution >= 0.6 is 0 Å². The molecular formula is C13H13N5O. The lowest BCUT2D eigenvalue weighted by atomic mass is 10.2. The van der Waals surface area contributed by atoms with E-state index in [1.165, 1.54) is 0 Å². The lowest BCUT2D eigenvalue weighted by Gasteiger charge is -2.04. The molecule has 0 spiro atoms. The van der Waals surface area contributed by atoms with Gasteiger partial charge in [0.05, 0.1) is 5.56 Å². The number of nitrogens with two attached hydrogens (primary N) is 2. The number of amides is 1. The van der Waals surface area contributed by atoms with Crippen LogP contribution in [0, 0.1) is 0 Å². The molecule has 19 heavy (non-hydrogen) atoms. The fourth-order valence-electron chi connectivity index (χ4n) is 1.45. The summed E-state index contributed by atoms with van der Waals surface area (Å²) in [5, 5.41) is 3.79. The molecule has 0 aliphatic rings. The van der Waals surface area contributed by atoms with Crippen LogP contribution in [-0.4, -0.2) is 16.7 Å². The summed E-state index contributed by atoms with van der Waals surface area (Å²) >= 11 is 0. The van der Waals surface area contributed by atoms with Crippen LogP contribution in [0.5, 0.6) is 0 Å². The fourth-order valence-corrected chi connectivity index (χ4v) is 1.45. The molecule has 1 aromatic carbocycles. The Balaban J connectivity index is 2.11. The van der Waals surface area contributed by atoms with E-state index in [-0.39, 0.29) is 5.84 Å². The number of nitrogens with zero attached hydrogens (tertiary/aromatic N) is 2. The molecule has 0 aliphatic heterocycles. The van der Waals surface area contributed by atoms with E-state index in [0.717, 1.165) is 0 Å². The highest BCUT2D eigenvalue weighted by atomic mass is 16.2. The van der Waals surface area contributed by atoms with Crippen molar-refractivity contribution in [2.24, 2.45) is 10.8 Å². The molecule has 1 heterocycles. The van der Waals surface area contributed by atoms with Crippen LogP contribution in [0.3, 0.4) is 0 Å². The molecule has 0 radical (unpaired) electrons. The first-order valence-electron chi connectivity index (χ1n) is 5.58. The van der Waals surface area contributed by atoms with Crippen LogP contribution in [-0.2, 0) is 0 Å². The average molecular weight is 255 g/mol. The quantitative estimate of drug-likeness (QED) is 0.325. The van der Waals surface area contributed by atoms with E-state index in [9.17, 15) is 4.79 Å². The van der Waals surface area contributed by atoms with Crippen molar-refractivity contribution in [2.75, 3.05) is 5.73 Å². The highest BCUT2D eigenvalue weighted by Crippen LogP contribution is 2.09. The van der Waals surface area contributed by atoms with Gasteiger partial charge in [-0.25, -0.2) is 5.43 Å². The minimum absolute atomic E-state index is 0.128. The maximum atomic E-state index is 11.8. The Morgan fingerprint density at radius 1 is 1.16 bits per heavy atom. The molecule has 5 N–H and O–H groups in total. The number of anilines is 1. The van der Waals surface area contributed by atoms with Crippen LogP contribution < -0.4 is 16.9 Å². The maximum absolute atomic E-state index is 11.8. The molecule has 0 fully saturated rings. The van der Waals surface area contributed by atoms with Gasteiger partial charge in [0.1, 0.15) is 5.69 Å². The first kappa shape index (κ1) is 12.6. The molecule has 0 saturated heterocycles. The van der Waals surface area contributed by atoms with E-state index in [0.29, 0.717) is 16.9 Å². The van der Waals surface area contributed by atoms with Gasteiger partial charge < -0.3 is 11.5 Å². The molecule has 0 atom stereocenters. The monoisotopic (exact) mass is 255 g/mol. The van der Waals surface area contributed by atoms with Crippen molar-refractivity contribution in [2.45, 2.75) is 0 Å². The Morgan fingerprint density at radius 2 is 1.89 bits per heavy atom. The smallest absolute Gasteiger partial charge is 0.273 e. The van der Waals surface area contributed by atoms with Gasteiger partial charge in [-0.05, 0) is 24.3 Å². The fraction of sp³-hybridized carbons (Fsp3) is 0. The van der Waals surface area contributed by atoms with E-state index in [1.807, 2.05) is 0 Å². The largest absolute Gasteiger partial charge is 0.398 e. The molecule has 1 aromatic heterocycles. The summed E-state index contributed by atoms with van der Waals surface area (Å²) in [4.78, 5) is 15.8. The lowest BCUT2D eigenvalue weighted by Crippen LogP contribution is -2.25. The van der Waals surface area contributed by atoms with Crippen molar-refractivity contribution in [3.8, 4) is 0 Å². The van der Waals surface area contributed by atoms with Crippen LogP contribution in [0.2, 0.25) is 0 Å². The Morgan fingerprint density at radius 3 is 2.58 bits per heavy atom. The van der Waals surface area contributed by atoms with Gasteiger partial charge in [-0.15, -0.1) is 0 Å². The third-order valence-corrected chi connectivity index (χ3v) is 2.41. The predicted molar refractivity (Wildman–Crippen MR) is 73.3 cm³/mol. The summed E-state index contributed by atoms with van der Waals surface area (Å²) in [6, 6.07) is 12.0. The second-order valence-corrected chi connectivity index (χ2v) is 3.74. The number of carbonyl (C=O) groups excluding carboxylic acids is 1. The van der Waals surface area contributed by atoms with Crippen LogP contribution in [0.15, 0.2) is 53.8 Å². The Bertz CT molecular complexity index is 609.